The normalized spacial score (nSPS) is 23.5. The number of carbonyl (C=O) groups excluding carboxylic acids is 3. The molecule has 4 aliphatic rings. The van der Waals surface area contributed by atoms with E-state index in [0.717, 1.165) is 16.7 Å². The quantitative estimate of drug-likeness (QED) is 0.191. The second-order valence-corrected chi connectivity index (χ2v) is 14.2. The number of piperazine rings is 1. The first-order valence-corrected chi connectivity index (χ1v) is 17.7. The van der Waals surface area contributed by atoms with Crippen molar-refractivity contribution in [3.8, 4) is 28.7 Å². The maximum absolute atomic E-state index is 13.6. The Morgan fingerprint density at radius 1 is 1.04 bits per heavy atom. The maximum atomic E-state index is 13.6. The Labute approximate surface area is 302 Å². The highest BCUT2D eigenvalue weighted by Gasteiger charge is 2.56. The predicted molar refractivity (Wildman–Crippen MR) is 189 cm³/mol. The zero-order valence-electron chi connectivity index (χ0n) is 30.3. The summed E-state index contributed by atoms with van der Waals surface area (Å²) in [6, 6.07) is 8.97. The van der Waals surface area contributed by atoms with Crippen LogP contribution in [0.1, 0.15) is 71.3 Å². The number of aliphatic hydroxyl groups is 1. The van der Waals surface area contributed by atoms with Crippen molar-refractivity contribution in [1.82, 2.24) is 20.4 Å². The molecule has 0 saturated carbocycles. The zero-order valence-corrected chi connectivity index (χ0v) is 30.3. The monoisotopic (exact) mass is 714 g/mol. The molecule has 13 nitrogen and oxygen atoms in total. The number of aryl methyl sites for hydroxylation is 2. The van der Waals surface area contributed by atoms with E-state index in [0.29, 0.717) is 64.5 Å². The Bertz CT molecular complexity index is 1920. The standard InChI is InChI=1S/C39H46N4O9/c1-19-14-24-15-27-39(48)43-26(32(42(27)5)30(24)33(46)34(19)49-6)16-25-31(37-36(50-18-51-37)20(2)35(25)52-22(4)44)28(43)17-40-38(47)21(3)41-29(45)13-12-23-10-8-7-9-11-23/h7-11,14,21,26-28,32,39,46,48H,12-13,15-18H2,1-6H3,(H,40,47)(H,41,45)/t21-,26?,27-,28-,32-,39-/m0/s1. The molecule has 3 aromatic rings. The van der Waals surface area contributed by atoms with Gasteiger partial charge in [-0.3, -0.25) is 24.2 Å². The minimum Gasteiger partial charge on any atom is -0.504 e. The van der Waals surface area contributed by atoms with Crippen molar-refractivity contribution in [2.24, 2.45) is 0 Å². The van der Waals surface area contributed by atoms with Gasteiger partial charge in [-0.25, -0.2) is 0 Å². The SMILES string of the molecule is COc1c(C)cc2c(c1O)[C@@H]1C3Cc4c(OC(C)=O)c(C)c5c(c4[C@H](CNC(=O)[C@H](C)NC(=O)CCc4ccccc4)N3[C@@H](O)[C@H](C2)N1C)OCO5. The number of phenolic OH excluding ortho intramolecular Hbond substituents is 1. The first-order valence-electron chi connectivity index (χ1n) is 17.7. The number of phenols is 1. The number of hydrogen-bond donors (Lipinski definition) is 4. The Kier molecular flexibility index (Phi) is 9.53. The molecule has 1 unspecified atom stereocenters. The highest BCUT2D eigenvalue weighted by Crippen LogP contribution is 2.58. The number of esters is 1. The lowest BCUT2D eigenvalue weighted by Crippen LogP contribution is -2.69. The van der Waals surface area contributed by atoms with Crippen LogP contribution in [0.3, 0.4) is 0 Å². The lowest BCUT2D eigenvalue weighted by molar-refractivity contribution is -0.172. The average Bonchev–Trinajstić information content (AvgIpc) is 3.61. The van der Waals surface area contributed by atoms with Gasteiger partial charge in [0.2, 0.25) is 18.6 Å². The molecule has 0 radical (unpaired) electrons. The molecule has 276 valence electrons. The first-order chi connectivity index (χ1) is 24.9. The van der Waals surface area contributed by atoms with Crippen LogP contribution in [0.15, 0.2) is 36.4 Å². The molecular formula is C39H46N4O9. The Hall–Kier alpha value is -4.85. The smallest absolute Gasteiger partial charge is 0.308 e. The van der Waals surface area contributed by atoms with Crippen molar-refractivity contribution in [1.29, 1.82) is 0 Å². The molecule has 4 heterocycles. The molecule has 7 rings (SSSR count). The Morgan fingerprint density at radius 2 is 1.77 bits per heavy atom. The van der Waals surface area contributed by atoms with E-state index in [-0.39, 0.29) is 37.5 Å². The lowest BCUT2D eigenvalue weighted by Gasteiger charge is -2.60. The molecule has 13 heteroatoms. The third kappa shape index (κ3) is 6.00. The summed E-state index contributed by atoms with van der Waals surface area (Å²) in [5.41, 5.74) is 5.43. The number of ether oxygens (including phenoxy) is 4. The van der Waals surface area contributed by atoms with Gasteiger partial charge in [-0.15, -0.1) is 0 Å². The molecular weight excluding hydrogens is 668 g/mol. The Balaban J connectivity index is 1.26. The summed E-state index contributed by atoms with van der Waals surface area (Å²) < 4.78 is 23.5. The molecule has 0 aliphatic carbocycles. The van der Waals surface area contributed by atoms with Crippen LogP contribution in [0.2, 0.25) is 0 Å². The summed E-state index contributed by atoms with van der Waals surface area (Å²) in [7, 11) is 3.47. The number of nitrogens with one attached hydrogen (secondary N) is 2. The largest absolute Gasteiger partial charge is 0.504 e. The topological polar surface area (TPSA) is 159 Å². The molecule has 2 bridgehead atoms. The highest BCUT2D eigenvalue weighted by atomic mass is 16.7. The van der Waals surface area contributed by atoms with Crippen LogP contribution >= 0.6 is 0 Å². The number of carbonyl (C=O) groups is 3. The van der Waals surface area contributed by atoms with Crippen LogP contribution < -0.4 is 29.6 Å². The third-order valence-electron chi connectivity index (χ3n) is 11.1. The molecule has 52 heavy (non-hydrogen) atoms. The van der Waals surface area contributed by atoms with Crippen LogP contribution in [0.5, 0.6) is 28.7 Å². The minimum absolute atomic E-state index is 0.0290. The Morgan fingerprint density at radius 3 is 2.48 bits per heavy atom. The number of amides is 2. The molecule has 1 saturated heterocycles. The molecule has 6 atom stereocenters. The minimum atomic E-state index is -0.995. The first kappa shape index (κ1) is 35.5. The summed E-state index contributed by atoms with van der Waals surface area (Å²) in [4.78, 5) is 43.0. The van der Waals surface area contributed by atoms with E-state index >= 15 is 0 Å². The summed E-state index contributed by atoms with van der Waals surface area (Å²) >= 11 is 0. The third-order valence-corrected chi connectivity index (χ3v) is 11.1. The molecule has 1 fully saturated rings. The lowest BCUT2D eigenvalue weighted by atomic mass is 9.73. The van der Waals surface area contributed by atoms with E-state index in [2.05, 4.69) is 15.5 Å². The van der Waals surface area contributed by atoms with E-state index < -0.39 is 42.3 Å². The number of aromatic hydroxyl groups is 1. The number of fused-ring (bicyclic) bond motifs is 9. The van der Waals surface area contributed by atoms with Gasteiger partial charge in [-0.1, -0.05) is 36.4 Å². The van der Waals surface area contributed by atoms with E-state index in [1.165, 1.54) is 14.0 Å². The molecule has 0 spiro atoms. The fourth-order valence-electron chi connectivity index (χ4n) is 8.75. The van der Waals surface area contributed by atoms with Crippen LogP contribution in [0.4, 0.5) is 0 Å². The fraction of sp³-hybridized carbons (Fsp3) is 0.462. The average molecular weight is 715 g/mol. The second-order valence-electron chi connectivity index (χ2n) is 14.2. The van der Waals surface area contributed by atoms with Crippen LogP contribution in [0.25, 0.3) is 0 Å². The van der Waals surface area contributed by atoms with Gasteiger partial charge in [-0.2, -0.15) is 0 Å². The van der Waals surface area contributed by atoms with Gasteiger partial charge in [0, 0.05) is 48.2 Å². The highest BCUT2D eigenvalue weighted by molar-refractivity contribution is 5.87. The molecule has 3 aromatic carbocycles. The summed E-state index contributed by atoms with van der Waals surface area (Å²) in [6.07, 6.45) is 0.572. The molecule has 4 N–H and O–H groups in total. The number of hydrogen-bond acceptors (Lipinski definition) is 11. The maximum Gasteiger partial charge on any atom is 0.308 e. The van der Waals surface area contributed by atoms with E-state index in [1.807, 2.05) is 62.2 Å². The van der Waals surface area contributed by atoms with Crippen molar-refractivity contribution in [2.45, 2.75) is 89.8 Å². The van der Waals surface area contributed by atoms with Crippen LogP contribution in [-0.2, 0) is 33.6 Å². The van der Waals surface area contributed by atoms with Gasteiger partial charge in [0.15, 0.2) is 23.0 Å². The molecule has 2 amide bonds. The summed E-state index contributed by atoms with van der Waals surface area (Å²) in [6.45, 7) is 6.65. The van der Waals surface area contributed by atoms with Gasteiger partial charge >= 0.3 is 5.97 Å². The number of methoxy groups -OCH3 is 1. The van der Waals surface area contributed by atoms with Crippen molar-refractivity contribution in [2.75, 3.05) is 27.5 Å². The summed E-state index contributed by atoms with van der Waals surface area (Å²) in [5.74, 6) is 0.561. The number of benzene rings is 3. The van der Waals surface area contributed by atoms with Crippen molar-refractivity contribution < 1.29 is 43.5 Å². The van der Waals surface area contributed by atoms with Crippen molar-refractivity contribution >= 4 is 17.8 Å². The number of rotatable bonds is 9. The van der Waals surface area contributed by atoms with E-state index in [4.69, 9.17) is 18.9 Å². The number of likely N-dealkylation sites (N-methyl/N-ethyl adjacent to an activating group) is 1. The van der Waals surface area contributed by atoms with Crippen molar-refractivity contribution in [3.63, 3.8) is 0 Å². The predicted octanol–water partition coefficient (Wildman–Crippen LogP) is 3.12. The van der Waals surface area contributed by atoms with Crippen molar-refractivity contribution in [3.05, 3.63) is 75.3 Å². The molecule has 4 aliphatic heterocycles. The van der Waals surface area contributed by atoms with Gasteiger partial charge < -0.3 is 39.8 Å². The van der Waals surface area contributed by atoms with Crippen LogP contribution in [0, 0.1) is 13.8 Å². The van der Waals surface area contributed by atoms with Gasteiger partial charge in [0.25, 0.3) is 0 Å². The summed E-state index contributed by atoms with van der Waals surface area (Å²) in [5, 5.41) is 29.8. The molecule has 0 aromatic heterocycles. The second kappa shape index (κ2) is 13.9. The van der Waals surface area contributed by atoms with E-state index in [1.54, 1.807) is 6.92 Å². The zero-order chi connectivity index (χ0) is 37.0. The fourth-order valence-corrected chi connectivity index (χ4v) is 8.75. The van der Waals surface area contributed by atoms with E-state index in [9.17, 15) is 24.6 Å². The van der Waals surface area contributed by atoms with Gasteiger partial charge in [-0.05, 0) is 63.8 Å². The van der Waals surface area contributed by atoms with Gasteiger partial charge in [0.1, 0.15) is 18.0 Å². The van der Waals surface area contributed by atoms with Gasteiger partial charge in [0.05, 0.1) is 25.2 Å². The number of aliphatic hydroxyl groups excluding tert-OH is 1. The number of nitrogens with zero attached hydrogens (tertiary/aromatic N) is 2. The van der Waals surface area contributed by atoms with Crippen LogP contribution in [-0.4, -0.2) is 89.6 Å².